The first-order valence-corrected chi connectivity index (χ1v) is 10.6. The van der Waals surface area contributed by atoms with E-state index in [1.807, 2.05) is 19.9 Å². The number of phenols is 1. The zero-order valence-corrected chi connectivity index (χ0v) is 18.7. The van der Waals surface area contributed by atoms with E-state index in [9.17, 15) is 14.7 Å². The SMILES string of the molecule is CCOC(=O)C(CC(C)=CCc1c(O)c2c(c(C)c1OC)COC2=O)N1CCOCC1. The quantitative estimate of drug-likeness (QED) is 0.494. The molecule has 0 amide bonds. The van der Waals surface area contributed by atoms with Gasteiger partial charge in [0, 0.05) is 24.2 Å². The summed E-state index contributed by atoms with van der Waals surface area (Å²) in [7, 11) is 1.54. The molecule has 8 heteroatoms. The van der Waals surface area contributed by atoms with Gasteiger partial charge < -0.3 is 24.1 Å². The Bertz CT molecular complexity index is 871. The molecular weight excluding hydrogens is 402 g/mol. The Morgan fingerprint density at radius 2 is 2.03 bits per heavy atom. The van der Waals surface area contributed by atoms with Crippen LogP contribution in [0.3, 0.4) is 0 Å². The second-order valence-electron chi connectivity index (χ2n) is 7.79. The van der Waals surface area contributed by atoms with Crippen molar-refractivity contribution < 1.29 is 33.6 Å². The standard InChI is InChI=1S/C23H31NO7/c1-5-30-22(26)18(24-8-10-29-11-9-24)12-14(2)6-7-16-20(25)19-17(13-31-23(19)27)15(3)21(16)28-4/h6,18,25H,5,7-13H2,1-4H3. The number of carbonyl (C=O) groups excluding carboxylic acids is 2. The lowest BCUT2D eigenvalue weighted by atomic mass is 9.94. The number of benzene rings is 1. The molecule has 0 bridgehead atoms. The predicted octanol–water partition coefficient (Wildman–Crippen LogP) is 2.52. The van der Waals surface area contributed by atoms with Crippen LogP contribution >= 0.6 is 0 Å². The van der Waals surface area contributed by atoms with E-state index in [4.69, 9.17) is 18.9 Å². The van der Waals surface area contributed by atoms with Crippen LogP contribution in [0.4, 0.5) is 0 Å². The van der Waals surface area contributed by atoms with E-state index < -0.39 is 5.97 Å². The zero-order valence-electron chi connectivity index (χ0n) is 18.7. The second-order valence-corrected chi connectivity index (χ2v) is 7.79. The number of allylic oxidation sites excluding steroid dienone is 1. The van der Waals surface area contributed by atoms with E-state index in [-0.39, 0.29) is 29.9 Å². The van der Waals surface area contributed by atoms with Crippen molar-refractivity contribution in [2.75, 3.05) is 40.0 Å². The minimum Gasteiger partial charge on any atom is -0.507 e. The Morgan fingerprint density at radius 3 is 2.68 bits per heavy atom. The summed E-state index contributed by atoms with van der Waals surface area (Å²) in [6.07, 6.45) is 2.82. The van der Waals surface area contributed by atoms with E-state index in [1.165, 1.54) is 0 Å². The Morgan fingerprint density at radius 1 is 1.32 bits per heavy atom. The highest BCUT2D eigenvalue weighted by Gasteiger charge is 2.32. The third-order valence-electron chi connectivity index (χ3n) is 5.86. The lowest BCUT2D eigenvalue weighted by Gasteiger charge is -2.33. The van der Waals surface area contributed by atoms with Gasteiger partial charge in [0.25, 0.3) is 0 Å². The highest BCUT2D eigenvalue weighted by Crippen LogP contribution is 2.42. The van der Waals surface area contributed by atoms with Gasteiger partial charge >= 0.3 is 11.9 Å². The summed E-state index contributed by atoms with van der Waals surface area (Å²) in [6.45, 7) is 8.61. The summed E-state index contributed by atoms with van der Waals surface area (Å²) in [5.41, 5.74) is 3.19. The fraction of sp³-hybridized carbons (Fsp3) is 0.565. The van der Waals surface area contributed by atoms with Crippen LogP contribution < -0.4 is 4.74 Å². The molecule has 8 nitrogen and oxygen atoms in total. The number of cyclic esters (lactones) is 1. The molecule has 1 N–H and O–H groups in total. The Kier molecular flexibility index (Phi) is 7.56. The summed E-state index contributed by atoms with van der Waals surface area (Å²) >= 11 is 0. The molecule has 1 unspecified atom stereocenters. The van der Waals surface area contributed by atoms with Gasteiger partial charge in [-0.25, -0.2) is 4.79 Å². The Balaban J connectivity index is 1.83. The predicted molar refractivity (Wildman–Crippen MR) is 113 cm³/mol. The van der Waals surface area contributed by atoms with Crippen molar-refractivity contribution in [2.24, 2.45) is 0 Å². The van der Waals surface area contributed by atoms with E-state index in [2.05, 4.69) is 4.90 Å². The summed E-state index contributed by atoms with van der Waals surface area (Å²) in [5, 5.41) is 10.8. The largest absolute Gasteiger partial charge is 0.507 e. The number of carbonyl (C=O) groups is 2. The molecule has 2 aliphatic heterocycles. The maximum Gasteiger partial charge on any atom is 0.342 e. The van der Waals surface area contributed by atoms with Gasteiger partial charge in [-0.3, -0.25) is 9.69 Å². The number of ether oxygens (including phenoxy) is 4. The van der Waals surface area contributed by atoms with Crippen LogP contribution in [0.5, 0.6) is 11.5 Å². The van der Waals surface area contributed by atoms with Crippen molar-refractivity contribution in [3.8, 4) is 11.5 Å². The second kappa shape index (κ2) is 10.2. The number of esters is 2. The zero-order chi connectivity index (χ0) is 22.5. The molecule has 3 rings (SSSR count). The normalized spacial score (nSPS) is 17.8. The van der Waals surface area contributed by atoms with Crippen LogP contribution in [0.15, 0.2) is 11.6 Å². The van der Waals surface area contributed by atoms with Gasteiger partial charge in [-0.2, -0.15) is 0 Å². The van der Waals surface area contributed by atoms with Crippen LogP contribution in [0.2, 0.25) is 0 Å². The van der Waals surface area contributed by atoms with Gasteiger partial charge in [0.15, 0.2) is 0 Å². The molecule has 0 radical (unpaired) electrons. The third kappa shape index (κ3) is 4.85. The minimum absolute atomic E-state index is 0.0980. The summed E-state index contributed by atoms with van der Waals surface area (Å²) in [4.78, 5) is 26.7. The van der Waals surface area contributed by atoms with Crippen molar-refractivity contribution in [3.63, 3.8) is 0 Å². The van der Waals surface area contributed by atoms with Crippen LogP contribution in [-0.4, -0.2) is 68.0 Å². The van der Waals surface area contributed by atoms with Gasteiger partial charge in [0.1, 0.15) is 29.7 Å². The topological polar surface area (TPSA) is 94.5 Å². The number of fused-ring (bicyclic) bond motifs is 1. The summed E-state index contributed by atoms with van der Waals surface area (Å²) < 4.78 is 21.3. The molecule has 1 aromatic rings. The maximum atomic E-state index is 12.6. The maximum absolute atomic E-state index is 12.6. The van der Waals surface area contributed by atoms with Gasteiger partial charge in [-0.15, -0.1) is 0 Å². The number of nitrogens with zero attached hydrogens (tertiary/aromatic N) is 1. The van der Waals surface area contributed by atoms with Crippen molar-refractivity contribution in [1.82, 2.24) is 4.90 Å². The molecule has 170 valence electrons. The first kappa shape index (κ1) is 23.1. The molecule has 2 aliphatic rings. The molecule has 1 fully saturated rings. The van der Waals surface area contributed by atoms with Crippen molar-refractivity contribution in [1.29, 1.82) is 0 Å². The van der Waals surface area contributed by atoms with Crippen molar-refractivity contribution in [2.45, 2.75) is 46.3 Å². The Labute approximate surface area is 182 Å². The number of methoxy groups -OCH3 is 1. The van der Waals surface area contributed by atoms with E-state index in [1.54, 1.807) is 14.0 Å². The lowest BCUT2D eigenvalue weighted by molar-refractivity contribution is -0.151. The van der Waals surface area contributed by atoms with Crippen LogP contribution in [0.1, 0.15) is 47.3 Å². The molecule has 31 heavy (non-hydrogen) atoms. The lowest BCUT2D eigenvalue weighted by Crippen LogP contribution is -2.48. The first-order chi connectivity index (χ1) is 14.9. The molecule has 0 saturated carbocycles. The highest BCUT2D eigenvalue weighted by molar-refractivity contribution is 5.98. The van der Waals surface area contributed by atoms with Gasteiger partial charge in [-0.1, -0.05) is 11.6 Å². The van der Waals surface area contributed by atoms with Crippen LogP contribution in [-0.2, 0) is 32.0 Å². The number of hydrogen-bond donors (Lipinski definition) is 1. The molecule has 0 aromatic heterocycles. The van der Waals surface area contributed by atoms with Crippen LogP contribution in [0, 0.1) is 6.92 Å². The number of hydrogen-bond acceptors (Lipinski definition) is 8. The number of rotatable bonds is 8. The number of phenolic OH excluding ortho intramolecular Hbond substituents is 1. The van der Waals surface area contributed by atoms with E-state index >= 15 is 0 Å². The van der Waals surface area contributed by atoms with Gasteiger partial charge in [0.05, 0.1) is 26.9 Å². The Hall–Kier alpha value is -2.58. The molecule has 2 heterocycles. The average Bonchev–Trinajstić information content (AvgIpc) is 3.16. The monoisotopic (exact) mass is 433 g/mol. The summed E-state index contributed by atoms with van der Waals surface area (Å²) in [6, 6.07) is -0.382. The average molecular weight is 434 g/mol. The molecule has 1 aromatic carbocycles. The highest BCUT2D eigenvalue weighted by atomic mass is 16.5. The summed E-state index contributed by atoms with van der Waals surface area (Å²) in [5.74, 6) is -0.309. The molecule has 0 spiro atoms. The van der Waals surface area contributed by atoms with Crippen molar-refractivity contribution in [3.05, 3.63) is 33.9 Å². The molecule has 1 atom stereocenters. The molecule has 0 aliphatic carbocycles. The number of morpholine rings is 1. The molecule has 1 saturated heterocycles. The third-order valence-corrected chi connectivity index (χ3v) is 5.86. The van der Waals surface area contributed by atoms with Gasteiger partial charge in [0.2, 0.25) is 0 Å². The smallest absolute Gasteiger partial charge is 0.342 e. The van der Waals surface area contributed by atoms with Crippen molar-refractivity contribution >= 4 is 11.9 Å². The first-order valence-electron chi connectivity index (χ1n) is 10.6. The molecular formula is C23H31NO7. The van der Waals surface area contributed by atoms with Gasteiger partial charge in [-0.05, 0) is 39.2 Å². The van der Waals surface area contributed by atoms with E-state index in [0.717, 1.165) is 11.1 Å². The van der Waals surface area contributed by atoms with Crippen LogP contribution in [0.25, 0.3) is 0 Å². The minimum atomic E-state index is -0.519. The fourth-order valence-corrected chi connectivity index (χ4v) is 4.18. The fourth-order valence-electron chi connectivity index (χ4n) is 4.18. The number of aromatic hydroxyl groups is 1. The van der Waals surface area contributed by atoms with E-state index in [0.29, 0.717) is 62.6 Å².